The molecule has 0 saturated carbocycles. The number of amides is 2. The predicted octanol–water partition coefficient (Wildman–Crippen LogP) is 2.72. The van der Waals surface area contributed by atoms with Crippen molar-refractivity contribution in [2.24, 2.45) is 4.99 Å². The van der Waals surface area contributed by atoms with Gasteiger partial charge < -0.3 is 10.2 Å². The Balaban J connectivity index is 1.66. The predicted molar refractivity (Wildman–Crippen MR) is 106 cm³/mol. The van der Waals surface area contributed by atoms with E-state index < -0.39 is 17.8 Å². The molecular weight excluding hydrogens is 403 g/mol. The second-order valence-corrected chi connectivity index (χ2v) is 8.24. The van der Waals surface area contributed by atoms with Crippen LogP contribution in [0.4, 0.5) is 18.0 Å². The van der Waals surface area contributed by atoms with Gasteiger partial charge in [0.05, 0.1) is 5.56 Å². The van der Waals surface area contributed by atoms with Crippen molar-refractivity contribution in [3.8, 4) is 5.69 Å². The number of hydrogen-bond acceptors (Lipinski definition) is 4. The first-order valence-corrected chi connectivity index (χ1v) is 10.1. The van der Waals surface area contributed by atoms with E-state index in [9.17, 15) is 18.0 Å². The Hall–Kier alpha value is -2.17. The molecule has 0 atom stereocenters. The minimum atomic E-state index is -4.38. The van der Waals surface area contributed by atoms with Crippen LogP contribution in [0.15, 0.2) is 35.5 Å². The third-order valence-electron chi connectivity index (χ3n) is 4.74. The van der Waals surface area contributed by atoms with E-state index in [2.05, 4.69) is 27.2 Å². The summed E-state index contributed by atoms with van der Waals surface area (Å²) in [7, 11) is 2.09. The van der Waals surface area contributed by atoms with E-state index in [0.717, 1.165) is 49.7 Å². The molecule has 1 saturated heterocycles. The van der Waals surface area contributed by atoms with Crippen LogP contribution < -0.4 is 10.1 Å². The monoisotopic (exact) mass is 427 g/mol. The van der Waals surface area contributed by atoms with E-state index in [1.807, 2.05) is 6.92 Å². The SMILES string of the molecule is Cc1cn(-c2ccc(C(F)(F)F)cc2)c(=NC(=O)NCCN2CCN(C)CC2)s1. The fourth-order valence-corrected chi connectivity index (χ4v) is 3.88. The zero-order valence-corrected chi connectivity index (χ0v) is 17.2. The molecule has 1 aliphatic heterocycles. The minimum Gasteiger partial charge on any atom is -0.335 e. The summed E-state index contributed by atoms with van der Waals surface area (Å²) in [4.78, 5) is 22.2. The van der Waals surface area contributed by atoms with Crippen molar-refractivity contribution in [1.82, 2.24) is 19.7 Å². The van der Waals surface area contributed by atoms with Gasteiger partial charge in [0.15, 0.2) is 4.80 Å². The highest BCUT2D eigenvalue weighted by Crippen LogP contribution is 2.29. The molecule has 0 bridgehead atoms. The highest BCUT2D eigenvalue weighted by Gasteiger charge is 2.30. The molecule has 1 fully saturated rings. The van der Waals surface area contributed by atoms with Gasteiger partial charge in [-0.1, -0.05) is 0 Å². The summed E-state index contributed by atoms with van der Waals surface area (Å²) in [5.74, 6) is 0. The molecule has 1 aromatic carbocycles. The van der Waals surface area contributed by atoms with E-state index >= 15 is 0 Å². The van der Waals surface area contributed by atoms with Crippen LogP contribution in [0.1, 0.15) is 10.4 Å². The molecule has 3 rings (SSSR count). The lowest BCUT2D eigenvalue weighted by Crippen LogP contribution is -2.46. The molecule has 6 nitrogen and oxygen atoms in total. The first-order valence-electron chi connectivity index (χ1n) is 9.32. The van der Waals surface area contributed by atoms with E-state index in [1.165, 1.54) is 23.5 Å². The number of aromatic nitrogens is 1. The number of carbonyl (C=O) groups excluding carboxylic acids is 1. The summed E-state index contributed by atoms with van der Waals surface area (Å²) in [6.45, 7) is 7.09. The Morgan fingerprint density at radius 3 is 2.45 bits per heavy atom. The number of nitrogens with zero attached hydrogens (tertiary/aromatic N) is 4. The standard InChI is InChI=1S/C19H24F3N5OS/c1-14-13-27(16-5-3-15(4-6-16)19(20,21)22)18(29-14)24-17(28)23-7-8-26-11-9-25(2)10-12-26/h3-6,13H,7-12H2,1-2H3,(H,23,28). The molecule has 0 spiro atoms. The summed E-state index contributed by atoms with van der Waals surface area (Å²) >= 11 is 1.31. The van der Waals surface area contributed by atoms with Crippen molar-refractivity contribution < 1.29 is 18.0 Å². The van der Waals surface area contributed by atoms with E-state index in [-0.39, 0.29) is 0 Å². The Bertz CT molecular complexity index is 896. The number of halogens is 3. The van der Waals surface area contributed by atoms with Crippen LogP contribution in [0.3, 0.4) is 0 Å². The highest BCUT2D eigenvalue weighted by atomic mass is 32.1. The van der Waals surface area contributed by atoms with Gasteiger partial charge in [-0.05, 0) is 38.2 Å². The van der Waals surface area contributed by atoms with Gasteiger partial charge in [-0.3, -0.25) is 9.47 Å². The van der Waals surface area contributed by atoms with Gasteiger partial charge in [0.2, 0.25) is 0 Å². The summed E-state index contributed by atoms with van der Waals surface area (Å²) in [5.41, 5.74) is -0.194. The van der Waals surface area contributed by atoms with Gasteiger partial charge >= 0.3 is 12.2 Å². The molecule has 0 radical (unpaired) electrons. The van der Waals surface area contributed by atoms with Crippen molar-refractivity contribution >= 4 is 17.4 Å². The lowest BCUT2D eigenvalue weighted by molar-refractivity contribution is -0.137. The average Bonchev–Trinajstić information content (AvgIpc) is 3.03. The maximum atomic E-state index is 12.8. The van der Waals surface area contributed by atoms with E-state index in [4.69, 9.17) is 0 Å². The third kappa shape index (κ3) is 5.91. The molecule has 1 aromatic heterocycles. The number of alkyl halides is 3. The largest absolute Gasteiger partial charge is 0.416 e. The van der Waals surface area contributed by atoms with Crippen LogP contribution in [0, 0.1) is 6.92 Å². The fraction of sp³-hybridized carbons (Fsp3) is 0.474. The number of nitrogens with one attached hydrogen (secondary N) is 1. The number of carbonyl (C=O) groups is 1. The van der Waals surface area contributed by atoms with Crippen molar-refractivity contribution in [3.63, 3.8) is 0 Å². The molecule has 2 amide bonds. The number of aryl methyl sites for hydroxylation is 1. The van der Waals surface area contributed by atoms with Gasteiger partial charge in [-0.2, -0.15) is 18.2 Å². The Kier molecular flexibility index (Phi) is 6.76. The van der Waals surface area contributed by atoms with Gasteiger partial charge in [0, 0.05) is 56.0 Å². The summed E-state index contributed by atoms with van der Waals surface area (Å²) < 4.78 is 39.9. The zero-order chi connectivity index (χ0) is 21.0. The summed E-state index contributed by atoms with van der Waals surface area (Å²) in [6, 6.07) is 4.34. The molecule has 1 aliphatic rings. The normalized spacial score (nSPS) is 16.9. The van der Waals surface area contributed by atoms with Gasteiger partial charge in [-0.15, -0.1) is 11.3 Å². The smallest absolute Gasteiger partial charge is 0.335 e. The molecule has 29 heavy (non-hydrogen) atoms. The maximum absolute atomic E-state index is 12.8. The third-order valence-corrected chi connectivity index (χ3v) is 5.64. The highest BCUT2D eigenvalue weighted by molar-refractivity contribution is 7.09. The second-order valence-electron chi connectivity index (χ2n) is 7.03. The zero-order valence-electron chi connectivity index (χ0n) is 16.4. The van der Waals surface area contributed by atoms with Crippen molar-refractivity contribution in [1.29, 1.82) is 0 Å². The summed E-state index contributed by atoms with van der Waals surface area (Å²) in [6.07, 6.45) is -2.63. The molecule has 2 heterocycles. The topological polar surface area (TPSA) is 52.9 Å². The number of hydrogen-bond donors (Lipinski definition) is 1. The second kappa shape index (κ2) is 9.10. The Morgan fingerprint density at radius 1 is 1.17 bits per heavy atom. The van der Waals surface area contributed by atoms with Crippen LogP contribution in [0.5, 0.6) is 0 Å². The van der Waals surface area contributed by atoms with Crippen LogP contribution in [0.2, 0.25) is 0 Å². The quantitative estimate of drug-likeness (QED) is 0.817. The molecule has 2 aromatic rings. The Morgan fingerprint density at radius 2 is 1.83 bits per heavy atom. The molecule has 158 valence electrons. The lowest BCUT2D eigenvalue weighted by Gasteiger charge is -2.32. The van der Waals surface area contributed by atoms with Crippen LogP contribution >= 0.6 is 11.3 Å². The van der Waals surface area contributed by atoms with Gasteiger partial charge in [-0.25, -0.2) is 4.79 Å². The first-order chi connectivity index (χ1) is 13.7. The number of urea groups is 1. The Labute approximate surface area is 171 Å². The van der Waals surface area contributed by atoms with Crippen LogP contribution in [-0.2, 0) is 6.18 Å². The number of rotatable bonds is 4. The number of piperazine rings is 1. The van der Waals surface area contributed by atoms with Crippen LogP contribution in [-0.4, -0.2) is 66.7 Å². The number of benzene rings is 1. The minimum absolute atomic E-state index is 0.416. The molecule has 0 aliphatic carbocycles. The molecular formula is C19H24F3N5OS. The molecule has 0 unspecified atom stereocenters. The van der Waals surface area contributed by atoms with Crippen molar-refractivity contribution in [3.05, 3.63) is 45.7 Å². The van der Waals surface area contributed by atoms with E-state index in [1.54, 1.807) is 10.8 Å². The number of likely N-dealkylation sites (N-methyl/N-ethyl adjacent to an activating group) is 1. The molecule has 10 heteroatoms. The molecule has 1 N–H and O–H groups in total. The van der Waals surface area contributed by atoms with Crippen molar-refractivity contribution in [2.75, 3.05) is 46.3 Å². The first kappa shape index (κ1) is 21.5. The van der Waals surface area contributed by atoms with E-state index in [0.29, 0.717) is 17.0 Å². The van der Waals surface area contributed by atoms with Gasteiger partial charge in [0.1, 0.15) is 0 Å². The average molecular weight is 427 g/mol. The van der Waals surface area contributed by atoms with Crippen LogP contribution in [0.25, 0.3) is 5.69 Å². The van der Waals surface area contributed by atoms with Crippen molar-refractivity contribution in [2.45, 2.75) is 13.1 Å². The maximum Gasteiger partial charge on any atom is 0.416 e. The fourth-order valence-electron chi connectivity index (χ4n) is 3.05. The number of thiazole rings is 1. The summed E-state index contributed by atoms with van der Waals surface area (Å²) in [5, 5.41) is 2.79. The lowest BCUT2D eigenvalue weighted by atomic mass is 10.2. The van der Waals surface area contributed by atoms with Gasteiger partial charge in [0.25, 0.3) is 0 Å².